The van der Waals surface area contributed by atoms with Gasteiger partial charge in [-0.1, -0.05) is 6.08 Å². The highest BCUT2D eigenvalue weighted by Crippen LogP contribution is 2.10. The van der Waals surface area contributed by atoms with E-state index < -0.39 is 12.2 Å². The third-order valence-corrected chi connectivity index (χ3v) is 2.50. The molecule has 1 saturated heterocycles. The molecule has 0 bridgehead atoms. The number of aliphatic hydroxyl groups excluding tert-OH is 2. The van der Waals surface area contributed by atoms with Crippen LogP contribution in [0.2, 0.25) is 0 Å². The van der Waals surface area contributed by atoms with Gasteiger partial charge in [-0.3, -0.25) is 4.90 Å². The highest BCUT2D eigenvalue weighted by Gasteiger charge is 2.28. The van der Waals surface area contributed by atoms with Gasteiger partial charge in [0.05, 0.1) is 19.3 Å². The van der Waals surface area contributed by atoms with Crippen molar-refractivity contribution in [3.63, 3.8) is 0 Å². The summed E-state index contributed by atoms with van der Waals surface area (Å²) in [7, 11) is 1.34. The fourth-order valence-corrected chi connectivity index (χ4v) is 1.51. The number of likely N-dealkylation sites (tertiary alicyclic amines) is 1. The molecule has 1 rings (SSSR count). The van der Waals surface area contributed by atoms with Crippen molar-refractivity contribution in [2.24, 2.45) is 0 Å². The van der Waals surface area contributed by atoms with E-state index in [9.17, 15) is 15.0 Å². The maximum atomic E-state index is 11.0. The minimum Gasteiger partial charge on any atom is -0.466 e. The predicted octanol–water partition coefficient (Wildman–Crippen LogP) is -0.857. The standard InChI is InChI=1S/C10H17NO4/c1-7(10(14)15-2)3-4-11-5-8(12)9(13)6-11/h3,8-9,12-13H,4-6H2,1-2H3. The molecule has 2 N–H and O–H groups in total. The van der Waals surface area contributed by atoms with Crippen molar-refractivity contribution in [3.05, 3.63) is 11.6 Å². The first-order valence-electron chi connectivity index (χ1n) is 4.88. The van der Waals surface area contributed by atoms with E-state index in [4.69, 9.17) is 0 Å². The Balaban J connectivity index is 2.41. The highest BCUT2D eigenvalue weighted by atomic mass is 16.5. The van der Waals surface area contributed by atoms with E-state index in [1.807, 2.05) is 4.90 Å². The van der Waals surface area contributed by atoms with Gasteiger partial charge in [0.1, 0.15) is 0 Å². The molecular formula is C10H17NO4. The number of hydrogen-bond acceptors (Lipinski definition) is 5. The summed E-state index contributed by atoms with van der Waals surface area (Å²) in [5, 5.41) is 18.6. The molecule has 0 aromatic heterocycles. The van der Waals surface area contributed by atoms with E-state index in [0.717, 1.165) is 0 Å². The number of esters is 1. The fraction of sp³-hybridized carbons (Fsp3) is 0.700. The van der Waals surface area contributed by atoms with Crippen molar-refractivity contribution >= 4 is 5.97 Å². The number of carbonyl (C=O) groups is 1. The molecule has 1 heterocycles. The van der Waals surface area contributed by atoms with Crippen LogP contribution in [0.15, 0.2) is 11.6 Å². The van der Waals surface area contributed by atoms with Crippen LogP contribution in [0, 0.1) is 0 Å². The van der Waals surface area contributed by atoms with Crippen molar-refractivity contribution in [3.8, 4) is 0 Å². The summed E-state index contributed by atoms with van der Waals surface area (Å²) in [5.74, 6) is -0.352. The van der Waals surface area contributed by atoms with E-state index in [1.165, 1.54) is 7.11 Å². The Morgan fingerprint density at radius 3 is 2.47 bits per heavy atom. The molecule has 0 spiro atoms. The molecule has 5 heteroatoms. The zero-order valence-electron chi connectivity index (χ0n) is 9.01. The van der Waals surface area contributed by atoms with Crippen molar-refractivity contribution in [2.45, 2.75) is 19.1 Å². The Labute approximate surface area is 89.0 Å². The Hall–Kier alpha value is -0.910. The van der Waals surface area contributed by atoms with Crippen molar-refractivity contribution in [2.75, 3.05) is 26.7 Å². The minimum absolute atomic E-state index is 0.352. The first-order chi connectivity index (χ1) is 7.04. The SMILES string of the molecule is COC(=O)C(C)=CCN1CC(O)C(O)C1. The number of rotatable bonds is 3. The molecule has 1 fully saturated rings. The lowest BCUT2D eigenvalue weighted by atomic mass is 10.3. The lowest BCUT2D eigenvalue weighted by Crippen LogP contribution is -2.22. The number of hydrogen-bond donors (Lipinski definition) is 2. The summed E-state index contributed by atoms with van der Waals surface area (Å²) in [4.78, 5) is 12.9. The second-order valence-corrected chi connectivity index (χ2v) is 3.73. The van der Waals surface area contributed by atoms with E-state index in [-0.39, 0.29) is 5.97 Å². The fourth-order valence-electron chi connectivity index (χ4n) is 1.51. The quantitative estimate of drug-likeness (QED) is 0.474. The molecular weight excluding hydrogens is 198 g/mol. The number of carbonyl (C=O) groups excluding carboxylic acids is 1. The van der Waals surface area contributed by atoms with Crippen molar-refractivity contribution < 1.29 is 19.7 Å². The smallest absolute Gasteiger partial charge is 0.333 e. The number of nitrogens with zero attached hydrogens (tertiary/aromatic N) is 1. The normalized spacial score (nSPS) is 28.1. The molecule has 2 atom stereocenters. The summed E-state index contributed by atoms with van der Waals surface area (Å²) in [5.41, 5.74) is 0.536. The largest absolute Gasteiger partial charge is 0.466 e. The molecule has 0 aliphatic carbocycles. The zero-order chi connectivity index (χ0) is 11.4. The molecule has 0 aromatic rings. The van der Waals surface area contributed by atoms with Gasteiger partial charge in [0.2, 0.25) is 0 Å². The van der Waals surface area contributed by atoms with Crippen LogP contribution in [0.4, 0.5) is 0 Å². The molecule has 0 saturated carbocycles. The van der Waals surface area contributed by atoms with E-state index in [2.05, 4.69) is 4.74 Å². The van der Waals surface area contributed by atoms with Gasteiger partial charge in [-0.15, -0.1) is 0 Å². The minimum atomic E-state index is -0.683. The monoisotopic (exact) mass is 215 g/mol. The van der Waals surface area contributed by atoms with Crippen LogP contribution < -0.4 is 0 Å². The first-order valence-corrected chi connectivity index (χ1v) is 4.88. The number of ether oxygens (including phenoxy) is 1. The third kappa shape index (κ3) is 3.30. The highest BCUT2D eigenvalue weighted by molar-refractivity contribution is 5.87. The molecule has 1 aliphatic heterocycles. The van der Waals surface area contributed by atoms with Crippen LogP contribution in [-0.4, -0.2) is 60.0 Å². The lowest BCUT2D eigenvalue weighted by molar-refractivity contribution is -0.136. The van der Waals surface area contributed by atoms with Gasteiger partial charge in [0, 0.05) is 25.2 Å². The molecule has 86 valence electrons. The third-order valence-electron chi connectivity index (χ3n) is 2.50. The van der Waals surface area contributed by atoms with Crippen LogP contribution in [0.25, 0.3) is 0 Å². The van der Waals surface area contributed by atoms with Crippen molar-refractivity contribution in [1.82, 2.24) is 4.90 Å². The van der Waals surface area contributed by atoms with Crippen LogP contribution in [-0.2, 0) is 9.53 Å². The topological polar surface area (TPSA) is 70.0 Å². The van der Waals surface area contributed by atoms with E-state index >= 15 is 0 Å². The number of methoxy groups -OCH3 is 1. The summed E-state index contributed by atoms with van der Waals surface area (Å²) in [6.45, 7) is 3.09. The van der Waals surface area contributed by atoms with Gasteiger partial charge in [0.25, 0.3) is 0 Å². The molecule has 2 unspecified atom stereocenters. The van der Waals surface area contributed by atoms with Gasteiger partial charge < -0.3 is 14.9 Å². The average Bonchev–Trinajstić information content (AvgIpc) is 2.54. The van der Waals surface area contributed by atoms with Gasteiger partial charge in [-0.2, -0.15) is 0 Å². The lowest BCUT2D eigenvalue weighted by Gasteiger charge is -2.11. The van der Waals surface area contributed by atoms with Gasteiger partial charge >= 0.3 is 5.97 Å². The summed E-state index contributed by atoms with van der Waals surface area (Å²) in [6.07, 6.45) is 0.366. The second kappa shape index (κ2) is 5.25. The summed E-state index contributed by atoms with van der Waals surface area (Å²) >= 11 is 0. The number of β-amino-alcohol motifs (C(OH)–C–C–N with tert-alkyl or cyclic N) is 2. The Morgan fingerprint density at radius 2 is 2.00 bits per heavy atom. The molecule has 5 nitrogen and oxygen atoms in total. The van der Waals surface area contributed by atoms with Crippen LogP contribution in [0.1, 0.15) is 6.92 Å². The summed E-state index contributed by atoms with van der Waals surface area (Å²) in [6, 6.07) is 0. The van der Waals surface area contributed by atoms with Gasteiger partial charge in [0.15, 0.2) is 0 Å². The average molecular weight is 215 g/mol. The van der Waals surface area contributed by atoms with Crippen LogP contribution >= 0.6 is 0 Å². The Morgan fingerprint density at radius 1 is 1.47 bits per heavy atom. The zero-order valence-corrected chi connectivity index (χ0v) is 9.01. The molecule has 0 radical (unpaired) electrons. The Kier molecular flexibility index (Phi) is 4.26. The first kappa shape index (κ1) is 12.2. The van der Waals surface area contributed by atoms with Crippen LogP contribution in [0.5, 0.6) is 0 Å². The van der Waals surface area contributed by atoms with E-state index in [0.29, 0.717) is 25.2 Å². The molecule has 15 heavy (non-hydrogen) atoms. The molecule has 0 aromatic carbocycles. The van der Waals surface area contributed by atoms with Gasteiger partial charge in [-0.05, 0) is 6.92 Å². The van der Waals surface area contributed by atoms with Gasteiger partial charge in [-0.25, -0.2) is 4.79 Å². The van der Waals surface area contributed by atoms with E-state index in [1.54, 1.807) is 13.0 Å². The maximum Gasteiger partial charge on any atom is 0.333 e. The van der Waals surface area contributed by atoms with Crippen LogP contribution in [0.3, 0.4) is 0 Å². The molecule has 0 amide bonds. The number of aliphatic hydroxyl groups is 2. The Bertz CT molecular complexity index is 254. The molecule has 1 aliphatic rings. The van der Waals surface area contributed by atoms with Crippen molar-refractivity contribution in [1.29, 1.82) is 0 Å². The second-order valence-electron chi connectivity index (χ2n) is 3.73. The maximum absolute atomic E-state index is 11.0. The predicted molar refractivity (Wildman–Crippen MR) is 54.2 cm³/mol. The summed E-state index contributed by atoms with van der Waals surface area (Å²) < 4.78 is 4.54.